The van der Waals surface area contributed by atoms with Crippen LogP contribution >= 0.6 is 11.6 Å². The van der Waals surface area contributed by atoms with Gasteiger partial charge in [-0.05, 0) is 36.6 Å². The lowest BCUT2D eigenvalue weighted by Crippen LogP contribution is -1.99. The van der Waals surface area contributed by atoms with Crippen LogP contribution in [0.3, 0.4) is 0 Å². The Kier molecular flexibility index (Phi) is 4.15. The third-order valence-electron chi connectivity index (χ3n) is 3.34. The summed E-state index contributed by atoms with van der Waals surface area (Å²) in [4.78, 5) is 11.0. The van der Waals surface area contributed by atoms with Crippen LogP contribution in [0.2, 0.25) is 5.02 Å². The van der Waals surface area contributed by atoms with Gasteiger partial charge >= 0.3 is 5.97 Å². The monoisotopic (exact) mass is 279 g/mol. The first kappa shape index (κ1) is 13.9. The molecule has 2 rings (SSSR count). The molecule has 0 radical (unpaired) electrons. The van der Waals surface area contributed by atoms with Crippen molar-refractivity contribution in [3.63, 3.8) is 0 Å². The summed E-state index contributed by atoms with van der Waals surface area (Å²) >= 11 is 6.18. The van der Waals surface area contributed by atoms with Gasteiger partial charge in [0.1, 0.15) is 0 Å². The van der Waals surface area contributed by atoms with Crippen molar-refractivity contribution in [3.05, 3.63) is 34.5 Å². The Hall–Kier alpha value is -1.48. The van der Waals surface area contributed by atoms with Crippen molar-refractivity contribution in [1.29, 1.82) is 0 Å². The van der Waals surface area contributed by atoms with Crippen LogP contribution < -0.4 is 0 Å². The zero-order valence-electron chi connectivity index (χ0n) is 11.2. The van der Waals surface area contributed by atoms with Crippen LogP contribution in [0.25, 0.3) is 10.9 Å². The van der Waals surface area contributed by atoms with E-state index in [1.54, 1.807) is 0 Å². The number of benzene rings is 1. The molecule has 1 heterocycles. The average molecular weight is 280 g/mol. The van der Waals surface area contributed by atoms with Crippen molar-refractivity contribution >= 4 is 28.5 Å². The van der Waals surface area contributed by atoms with E-state index in [0.29, 0.717) is 0 Å². The predicted octanol–water partition coefficient (Wildman–Crippen LogP) is 4.03. The predicted molar refractivity (Wildman–Crippen MR) is 77.9 cm³/mol. The highest BCUT2D eigenvalue weighted by molar-refractivity contribution is 6.32. The van der Waals surface area contributed by atoms with Gasteiger partial charge in [0.2, 0.25) is 0 Å². The highest BCUT2D eigenvalue weighted by Gasteiger charge is 2.12. The van der Waals surface area contributed by atoms with E-state index in [-0.39, 0.29) is 6.42 Å². The molecule has 2 aromatic rings. The lowest BCUT2D eigenvalue weighted by Gasteiger charge is -2.05. The van der Waals surface area contributed by atoms with Gasteiger partial charge in [0.25, 0.3) is 0 Å². The number of aryl methyl sites for hydroxylation is 2. The Bertz CT molecular complexity index is 616. The van der Waals surface area contributed by atoms with Gasteiger partial charge in [-0.3, -0.25) is 4.79 Å². The topological polar surface area (TPSA) is 42.2 Å². The standard InChI is InChI=1S/C15H18ClNO2/c1-3-4-5-17-9-11(7-15(18)19)12-6-10(2)13(16)8-14(12)17/h6,8-9H,3-5,7H2,1-2H3,(H,18,19). The third-order valence-corrected chi connectivity index (χ3v) is 3.75. The van der Waals surface area contributed by atoms with Gasteiger partial charge in [-0.25, -0.2) is 0 Å². The first-order chi connectivity index (χ1) is 9.02. The van der Waals surface area contributed by atoms with Gasteiger partial charge in [-0.2, -0.15) is 0 Å². The van der Waals surface area contributed by atoms with Crippen LogP contribution in [-0.2, 0) is 17.8 Å². The molecular weight excluding hydrogens is 262 g/mol. The van der Waals surface area contributed by atoms with Gasteiger partial charge in [0.05, 0.1) is 6.42 Å². The molecule has 0 aliphatic carbocycles. The van der Waals surface area contributed by atoms with Crippen LogP contribution in [0.4, 0.5) is 0 Å². The minimum atomic E-state index is -0.804. The van der Waals surface area contributed by atoms with Crippen molar-refractivity contribution < 1.29 is 9.90 Å². The van der Waals surface area contributed by atoms with Gasteiger partial charge in [0.15, 0.2) is 0 Å². The maximum absolute atomic E-state index is 11.0. The minimum absolute atomic E-state index is 0.0523. The fourth-order valence-electron chi connectivity index (χ4n) is 2.31. The number of carboxylic acids is 1. The summed E-state index contributed by atoms with van der Waals surface area (Å²) in [6, 6.07) is 3.92. The maximum atomic E-state index is 11.0. The zero-order valence-corrected chi connectivity index (χ0v) is 12.0. The maximum Gasteiger partial charge on any atom is 0.307 e. The molecule has 0 atom stereocenters. The van der Waals surface area contributed by atoms with Crippen LogP contribution in [-0.4, -0.2) is 15.6 Å². The Balaban J connectivity index is 2.55. The molecule has 102 valence electrons. The molecule has 1 N–H and O–H groups in total. The number of hydrogen-bond acceptors (Lipinski definition) is 1. The van der Waals surface area contributed by atoms with Crippen molar-refractivity contribution in [2.75, 3.05) is 0 Å². The summed E-state index contributed by atoms with van der Waals surface area (Å²) in [5, 5.41) is 10.7. The van der Waals surface area contributed by atoms with Crippen LogP contribution in [0.15, 0.2) is 18.3 Å². The summed E-state index contributed by atoms with van der Waals surface area (Å²) < 4.78 is 2.11. The van der Waals surface area contributed by atoms with E-state index in [0.717, 1.165) is 46.4 Å². The molecule has 19 heavy (non-hydrogen) atoms. The third kappa shape index (κ3) is 2.92. The Morgan fingerprint density at radius 2 is 2.16 bits per heavy atom. The first-order valence-corrected chi connectivity index (χ1v) is 6.90. The van der Waals surface area contributed by atoms with Gasteiger partial charge in [-0.1, -0.05) is 24.9 Å². The second-order valence-electron chi connectivity index (χ2n) is 4.89. The lowest BCUT2D eigenvalue weighted by molar-refractivity contribution is -0.136. The molecular formula is C15H18ClNO2. The number of aliphatic carboxylic acids is 1. The Morgan fingerprint density at radius 3 is 2.79 bits per heavy atom. The molecule has 0 aliphatic heterocycles. The molecule has 0 spiro atoms. The number of fused-ring (bicyclic) bond motifs is 1. The van der Waals surface area contributed by atoms with E-state index in [9.17, 15) is 4.79 Å². The smallest absolute Gasteiger partial charge is 0.307 e. The van der Waals surface area contributed by atoms with Crippen molar-refractivity contribution in [1.82, 2.24) is 4.57 Å². The fraction of sp³-hybridized carbons (Fsp3) is 0.400. The summed E-state index contributed by atoms with van der Waals surface area (Å²) in [6.07, 6.45) is 4.18. The Morgan fingerprint density at radius 1 is 1.42 bits per heavy atom. The van der Waals surface area contributed by atoms with Gasteiger partial charge < -0.3 is 9.67 Å². The molecule has 3 nitrogen and oxygen atoms in total. The normalized spacial score (nSPS) is 11.1. The number of nitrogens with zero attached hydrogens (tertiary/aromatic N) is 1. The van der Waals surface area contributed by atoms with Crippen molar-refractivity contribution in [2.24, 2.45) is 0 Å². The minimum Gasteiger partial charge on any atom is -0.481 e. The molecule has 0 saturated carbocycles. The fourth-order valence-corrected chi connectivity index (χ4v) is 2.47. The number of halogens is 1. The zero-order chi connectivity index (χ0) is 14.0. The molecule has 0 bridgehead atoms. The number of carboxylic acid groups (broad SMARTS) is 1. The number of carbonyl (C=O) groups is 1. The summed E-state index contributed by atoms with van der Waals surface area (Å²) in [5.74, 6) is -0.804. The van der Waals surface area contributed by atoms with Gasteiger partial charge in [0, 0.05) is 28.7 Å². The highest BCUT2D eigenvalue weighted by Crippen LogP contribution is 2.28. The number of unbranched alkanes of at least 4 members (excludes halogenated alkanes) is 1. The van der Waals surface area contributed by atoms with E-state index in [4.69, 9.17) is 16.7 Å². The molecule has 0 fully saturated rings. The van der Waals surface area contributed by atoms with E-state index in [2.05, 4.69) is 11.5 Å². The van der Waals surface area contributed by atoms with Crippen molar-refractivity contribution in [3.8, 4) is 0 Å². The van der Waals surface area contributed by atoms with Gasteiger partial charge in [-0.15, -0.1) is 0 Å². The van der Waals surface area contributed by atoms with E-state index < -0.39 is 5.97 Å². The summed E-state index contributed by atoms with van der Waals surface area (Å²) in [5.41, 5.74) is 2.87. The number of aromatic nitrogens is 1. The molecule has 0 amide bonds. The number of rotatable bonds is 5. The van der Waals surface area contributed by atoms with Crippen LogP contribution in [0.5, 0.6) is 0 Å². The average Bonchev–Trinajstić information content (AvgIpc) is 2.65. The molecule has 4 heteroatoms. The largest absolute Gasteiger partial charge is 0.481 e. The molecule has 0 saturated heterocycles. The SMILES string of the molecule is CCCCn1cc(CC(=O)O)c2cc(C)c(Cl)cc21. The Labute approximate surface area is 117 Å². The second kappa shape index (κ2) is 5.66. The van der Waals surface area contributed by atoms with E-state index >= 15 is 0 Å². The molecule has 0 aliphatic rings. The van der Waals surface area contributed by atoms with E-state index in [1.807, 2.05) is 25.3 Å². The molecule has 1 aromatic carbocycles. The highest BCUT2D eigenvalue weighted by atomic mass is 35.5. The molecule has 0 unspecified atom stereocenters. The second-order valence-corrected chi connectivity index (χ2v) is 5.30. The summed E-state index contributed by atoms with van der Waals surface area (Å²) in [6.45, 7) is 4.97. The summed E-state index contributed by atoms with van der Waals surface area (Å²) in [7, 11) is 0. The van der Waals surface area contributed by atoms with Crippen molar-refractivity contribution in [2.45, 2.75) is 39.7 Å². The van der Waals surface area contributed by atoms with E-state index in [1.165, 1.54) is 0 Å². The lowest BCUT2D eigenvalue weighted by atomic mass is 10.1. The number of hydrogen-bond donors (Lipinski definition) is 1. The van der Waals surface area contributed by atoms with Crippen LogP contribution in [0, 0.1) is 6.92 Å². The van der Waals surface area contributed by atoms with Crippen LogP contribution in [0.1, 0.15) is 30.9 Å². The molecule has 1 aromatic heterocycles. The first-order valence-electron chi connectivity index (χ1n) is 6.52. The quantitative estimate of drug-likeness (QED) is 0.898.